The third-order valence-corrected chi connectivity index (χ3v) is 6.22. The predicted molar refractivity (Wildman–Crippen MR) is 90.9 cm³/mol. The van der Waals surface area contributed by atoms with E-state index in [9.17, 15) is 15.8 Å². The highest BCUT2D eigenvalue weighted by Crippen LogP contribution is 2.64. The normalized spacial score (nSPS) is 36.6. The van der Waals surface area contributed by atoms with E-state index in [0.717, 1.165) is 25.7 Å². The summed E-state index contributed by atoms with van der Waals surface area (Å²) in [6.07, 6.45) is 3.20. The fraction of sp³-hybridized carbons (Fsp3) is 0.789. The Bertz CT molecular complexity index is 656. The molecule has 5 unspecified atom stereocenters. The van der Waals surface area contributed by atoms with Crippen LogP contribution < -0.4 is 0 Å². The first-order chi connectivity index (χ1) is 11.9. The maximum atomic E-state index is 10.0. The Balaban J connectivity index is 2.70. The van der Waals surface area contributed by atoms with Crippen molar-refractivity contribution < 1.29 is 9.47 Å². The Morgan fingerprint density at radius 2 is 1.80 bits per heavy atom. The molecule has 5 atom stereocenters. The minimum absolute atomic E-state index is 0.0418. The molecule has 0 amide bonds. The molecule has 0 spiro atoms. The number of rotatable bonds is 6. The van der Waals surface area contributed by atoms with Gasteiger partial charge in [-0.25, -0.2) is 0 Å². The lowest BCUT2D eigenvalue weighted by molar-refractivity contribution is -0.288. The van der Waals surface area contributed by atoms with Crippen molar-refractivity contribution in [2.75, 3.05) is 0 Å². The quantitative estimate of drug-likeness (QED) is 0.786. The summed E-state index contributed by atoms with van der Waals surface area (Å²) in [7, 11) is 0. The summed E-state index contributed by atoms with van der Waals surface area (Å²) in [6, 6.07) is 6.35. The van der Waals surface area contributed by atoms with Crippen LogP contribution in [0.3, 0.4) is 0 Å². The second kappa shape index (κ2) is 6.66. The zero-order valence-electron chi connectivity index (χ0n) is 15.4. The fourth-order valence-corrected chi connectivity index (χ4v) is 4.55. The number of ether oxygens (including phenoxy) is 2. The van der Waals surface area contributed by atoms with Crippen LogP contribution in [0.15, 0.2) is 0 Å². The Morgan fingerprint density at radius 3 is 2.24 bits per heavy atom. The lowest BCUT2D eigenvalue weighted by atomic mass is 9.52. The molecule has 2 saturated heterocycles. The van der Waals surface area contributed by atoms with Crippen LogP contribution in [0, 0.1) is 62.1 Å². The first kappa shape index (κ1) is 19.2. The molecule has 134 valence electrons. The number of nitriles is 3. The van der Waals surface area contributed by atoms with Crippen molar-refractivity contribution in [3.8, 4) is 18.2 Å². The van der Waals surface area contributed by atoms with Gasteiger partial charge in [-0.3, -0.25) is 5.41 Å². The van der Waals surface area contributed by atoms with Crippen molar-refractivity contribution >= 4 is 5.90 Å². The smallest absolute Gasteiger partial charge is 0.216 e. The SMILES string of the molecule is CCCCC(CC)C1OC2(CC)OC(=N)C(C#N)(C2C)C1(C#N)C#N. The zero-order chi connectivity index (χ0) is 18.9. The summed E-state index contributed by atoms with van der Waals surface area (Å²) in [5.41, 5.74) is -3.35. The zero-order valence-corrected chi connectivity index (χ0v) is 15.4. The van der Waals surface area contributed by atoms with Gasteiger partial charge in [0.2, 0.25) is 11.7 Å². The van der Waals surface area contributed by atoms with Crippen LogP contribution in [0.25, 0.3) is 0 Å². The summed E-state index contributed by atoms with van der Waals surface area (Å²) >= 11 is 0. The van der Waals surface area contributed by atoms with Crippen LogP contribution in [0.4, 0.5) is 0 Å². The van der Waals surface area contributed by atoms with Gasteiger partial charge in [0.1, 0.15) is 0 Å². The van der Waals surface area contributed by atoms with Gasteiger partial charge in [0.15, 0.2) is 10.8 Å². The number of nitrogens with one attached hydrogen (secondary N) is 1. The number of hydrogen-bond acceptors (Lipinski definition) is 6. The molecule has 2 aliphatic heterocycles. The third-order valence-electron chi connectivity index (χ3n) is 6.22. The van der Waals surface area contributed by atoms with Gasteiger partial charge in [0.05, 0.1) is 30.2 Å². The molecule has 0 aromatic heterocycles. The van der Waals surface area contributed by atoms with Gasteiger partial charge in [0, 0.05) is 6.42 Å². The van der Waals surface area contributed by atoms with Crippen LogP contribution in [0.2, 0.25) is 0 Å². The highest BCUT2D eigenvalue weighted by atomic mass is 16.7. The Labute approximate surface area is 149 Å². The van der Waals surface area contributed by atoms with Crippen LogP contribution in [0.5, 0.6) is 0 Å². The Hall–Kier alpha value is -2.10. The van der Waals surface area contributed by atoms with Crippen molar-refractivity contribution in [1.29, 1.82) is 21.2 Å². The molecule has 0 aromatic rings. The standard InChI is InChI=1S/C19H26N4O2/c1-5-8-9-14(6-2)15-17(10-20,11-21)18(12-22)13(4)19(7-3,24-15)25-16(18)23/h13-15,23H,5-9H2,1-4H3. The first-order valence-corrected chi connectivity index (χ1v) is 9.09. The topological polar surface area (TPSA) is 114 Å². The number of hydrogen-bond donors (Lipinski definition) is 1. The minimum Gasteiger partial charge on any atom is -0.447 e. The summed E-state index contributed by atoms with van der Waals surface area (Å²) in [4.78, 5) is 0. The predicted octanol–water partition coefficient (Wildman–Crippen LogP) is 3.90. The second-order valence-corrected chi connectivity index (χ2v) is 7.12. The van der Waals surface area contributed by atoms with E-state index in [1.54, 1.807) is 6.92 Å². The maximum absolute atomic E-state index is 10.0. The molecule has 0 aromatic carbocycles. The molecule has 2 heterocycles. The average molecular weight is 342 g/mol. The van der Waals surface area contributed by atoms with E-state index >= 15 is 0 Å². The molecule has 2 aliphatic rings. The first-order valence-electron chi connectivity index (χ1n) is 9.09. The Kier molecular flexibility index (Phi) is 5.12. The van der Waals surface area contributed by atoms with Crippen LogP contribution in [-0.4, -0.2) is 17.8 Å². The summed E-state index contributed by atoms with van der Waals surface area (Å²) in [5.74, 6) is -2.03. The molecule has 6 nitrogen and oxygen atoms in total. The van der Waals surface area contributed by atoms with Crippen LogP contribution in [0.1, 0.15) is 59.8 Å². The minimum atomic E-state index is -1.75. The molecule has 2 bridgehead atoms. The van der Waals surface area contributed by atoms with Gasteiger partial charge < -0.3 is 9.47 Å². The van der Waals surface area contributed by atoms with Gasteiger partial charge in [-0.2, -0.15) is 15.8 Å². The van der Waals surface area contributed by atoms with Crippen LogP contribution >= 0.6 is 0 Å². The molecular formula is C19H26N4O2. The molecule has 0 saturated carbocycles. The third kappa shape index (κ3) is 2.19. The molecule has 0 aliphatic carbocycles. The summed E-state index contributed by atoms with van der Waals surface area (Å²) in [5, 5.41) is 38.5. The maximum Gasteiger partial charge on any atom is 0.216 e. The van der Waals surface area contributed by atoms with Crippen molar-refractivity contribution in [2.24, 2.45) is 22.7 Å². The molecule has 0 radical (unpaired) electrons. The Morgan fingerprint density at radius 1 is 1.16 bits per heavy atom. The highest BCUT2D eigenvalue weighted by Gasteiger charge is 2.79. The lowest BCUT2D eigenvalue weighted by Gasteiger charge is -2.50. The van der Waals surface area contributed by atoms with Gasteiger partial charge >= 0.3 is 0 Å². The molecular weight excluding hydrogens is 316 g/mol. The highest BCUT2D eigenvalue weighted by molar-refractivity contribution is 5.89. The number of unbranched alkanes of at least 4 members (excludes halogenated alkanes) is 1. The monoisotopic (exact) mass is 342 g/mol. The van der Waals surface area contributed by atoms with Crippen molar-refractivity contribution in [3.05, 3.63) is 0 Å². The van der Waals surface area contributed by atoms with Crippen molar-refractivity contribution in [2.45, 2.75) is 71.7 Å². The fourth-order valence-electron chi connectivity index (χ4n) is 4.55. The van der Waals surface area contributed by atoms with E-state index in [-0.39, 0.29) is 11.8 Å². The summed E-state index contributed by atoms with van der Waals surface area (Å²) < 4.78 is 12.1. The van der Waals surface area contributed by atoms with Gasteiger partial charge in [-0.05, 0) is 12.3 Å². The lowest BCUT2D eigenvalue weighted by Crippen LogP contribution is -2.63. The average Bonchev–Trinajstić information content (AvgIpc) is 2.79. The molecule has 25 heavy (non-hydrogen) atoms. The largest absolute Gasteiger partial charge is 0.447 e. The van der Waals surface area contributed by atoms with E-state index in [1.165, 1.54) is 0 Å². The van der Waals surface area contributed by atoms with E-state index < -0.39 is 28.6 Å². The van der Waals surface area contributed by atoms with E-state index in [1.807, 2.05) is 13.8 Å². The second-order valence-electron chi connectivity index (χ2n) is 7.12. The van der Waals surface area contributed by atoms with Gasteiger partial charge in [0.25, 0.3) is 0 Å². The molecule has 1 N–H and O–H groups in total. The van der Waals surface area contributed by atoms with Crippen molar-refractivity contribution in [1.82, 2.24) is 0 Å². The van der Waals surface area contributed by atoms with E-state index in [2.05, 4.69) is 25.1 Å². The summed E-state index contributed by atoms with van der Waals surface area (Å²) in [6.45, 7) is 7.73. The molecule has 6 heteroatoms. The molecule has 2 rings (SSSR count). The van der Waals surface area contributed by atoms with E-state index in [4.69, 9.17) is 14.9 Å². The number of nitrogens with zero attached hydrogens (tertiary/aromatic N) is 3. The van der Waals surface area contributed by atoms with E-state index in [0.29, 0.717) is 6.42 Å². The van der Waals surface area contributed by atoms with Gasteiger partial charge in [-0.1, -0.05) is 47.0 Å². The van der Waals surface area contributed by atoms with Gasteiger partial charge in [-0.15, -0.1) is 0 Å². The van der Waals surface area contributed by atoms with Crippen LogP contribution in [-0.2, 0) is 9.47 Å². The molecule has 2 fully saturated rings. The number of fused-ring (bicyclic) bond motifs is 2. The van der Waals surface area contributed by atoms with Crippen molar-refractivity contribution in [3.63, 3.8) is 0 Å².